The molecule has 0 atom stereocenters. The molecule has 0 fully saturated rings. The molecule has 1 aromatic carbocycles. The third-order valence-electron chi connectivity index (χ3n) is 1.88. The van der Waals surface area contributed by atoms with Gasteiger partial charge in [0.1, 0.15) is 0 Å². The topological polar surface area (TPSA) is 0 Å². The third kappa shape index (κ3) is 2.90. The molecule has 0 heteroatoms. The van der Waals surface area contributed by atoms with Crippen LogP contribution in [0.4, 0.5) is 0 Å². The Morgan fingerprint density at radius 3 is 2.23 bits per heavy atom. The van der Waals surface area contributed by atoms with Crippen molar-refractivity contribution in [1.82, 2.24) is 0 Å². The molecule has 13 heavy (non-hydrogen) atoms. The lowest BCUT2D eigenvalue weighted by molar-refractivity contribution is 1.23. The Labute approximate surface area is 80.6 Å². The highest BCUT2D eigenvalue weighted by Crippen LogP contribution is 2.12. The van der Waals surface area contributed by atoms with E-state index < -0.39 is 0 Å². The zero-order valence-corrected chi connectivity index (χ0v) is 8.33. The maximum Gasteiger partial charge on any atom is -0.0187 e. The lowest BCUT2D eigenvalue weighted by Gasteiger charge is -1.99. The van der Waals surface area contributed by atoms with E-state index in [0.29, 0.717) is 0 Å². The molecule has 0 aromatic heterocycles. The van der Waals surface area contributed by atoms with Crippen molar-refractivity contribution >= 4 is 12.2 Å². The molecule has 0 aliphatic heterocycles. The number of hydrogen-bond donors (Lipinski definition) is 0. The Kier molecular flexibility index (Phi) is 4.04. The Bertz CT molecular complexity index is 306. The molecule has 0 spiro atoms. The van der Waals surface area contributed by atoms with E-state index in [1.165, 1.54) is 11.1 Å². The van der Waals surface area contributed by atoms with Gasteiger partial charge in [0.25, 0.3) is 0 Å². The van der Waals surface area contributed by atoms with Gasteiger partial charge >= 0.3 is 0 Å². The van der Waals surface area contributed by atoms with Crippen LogP contribution in [0.15, 0.2) is 36.4 Å². The van der Waals surface area contributed by atoms with Crippen LogP contribution < -0.4 is 0 Å². The maximum absolute atomic E-state index is 2.18. The molecule has 0 saturated carbocycles. The molecule has 0 amide bonds. The van der Waals surface area contributed by atoms with Crippen LogP contribution in [-0.4, -0.2) is 0 Å². The van der Waals surface area contributed by atoms with Crippen LogP contribution in [0.5, 0.6) is 0 Å². The number of allylic oxidation sites excluding steroid dienone is 2. The van der Waals surface area contributed by atoms with Crippen LogP contribution in [0.3, 0.4) is 0 Å². The van der Waals surface area contributed by atoms with Gasteiger partial charge in [-0.05, 0) is 24.5 Å². The largest absolute Gasteiger partial charge is 0.0870 e. The minimum Gasteiger partial charge on any atom is -0.0870 e. The standard InChI is InChI=1S/C13H16/c1-3-5-9-13-11-7-6-10-12(13)8-4-2/h4-11H,3H2,1-2H3/b8-4-,9-5-. The molecular weight excluding hydrogens is 156 g/mol. The summed E-state index contributed by atoms with van der Waals surface area (Å²) in [7, 11) is 0. The molecule has 0 heterocycles. The van der Waals surface area contributed by atoms with Crippen molar-refractivity contribution < 1.29 is 0 Å². The van der Waals surface area contributed by atoms with Gasteiger partial charge in [-0.25, -0.2) is 0 Å². The first-order chi connectivity index (χ1) is 6.38. The second-order valence-electron chi connectivity index (χ2n) is 2.94. The SMILES string of the molecule is C/C=C\c1ccccc1/C=C\CC. The fourth-order valence-electron chi connectivity index (χ4n) is 1.24. The van der Waals surface area contributed by atoms with Crippen molar-refractivity contribution in [1.29, 1.82) is 0 Å². The van der Waals surface area contributed by atoms with E-state index in [1.54, 1.807) is 0 Å². The van der Waals surface area contributed by atoms with Crippen molar-refractivity contribution in [2.45, 2.75) is 20.3 Å². The molecule has 1 aromatic rings. The highest BCUT2D eigenvalue weighted by molar-refractivity contribution is 5.64. The molecule has 0 radical (unpaired) electrons. The molecular formula is C13H16. The molecule has 68 valence electrons. The molecule has 0 aliphatic carbocycles. The van der Waals surface area contributed by atoms with Crippen LogP contribution in [-0.2, 0) is 0 Å². The minimum atomic E-state index is 1.09. The molecule has 0 nitrogen and oxygen atoms in total. The fourth-order valence-corrected chi connectivity index (χ4v) is 1.24. The van der Waals surface area contributed by atoms with Crippen molar-refractivity contribution in [3.63, 3.8) is 0 Å². The van der Waals surface area contributed by atoms with Crippen LogP contribution in [0.2, 0.25) is 0 Å². The van der Waals surface area contributed by atoms with Crippen LogP contribution in [0, 0.1) is 0 Å². The molecule has 0 N–H and O–H groups in total. The van der Waals surface area contributed by atoms with Gasteiger partial charge in [-0.2, -0.15) is 0 Å². The van der Waals surface area contributed by atoms with E-state index in [1.807, 2.05) is 6.92 Å². The van der Waals surface area contributed by atoms with Gasteiger partial charge in [0, 0.05) is 0 Å². The van der Waals surface area contributed by atoms with Gasteiger partial charge in [-0.3, -0.25) is 0 Å². The van der Waals surface area contributed by atoms with Gasteiger partial charge in [-0.15, -0.1) is 0 Å². The van der Waals surface area contributed by atoms with E-state index in [9.17, 15) is 0 Å². The van der Waals surface area contributed by atoms with E-state index in [-0.39, 0.29) is 0 Å². The van der Waals surface area contributed by atoms with Crippen LogP contribution >= 0.6 is 0 Å². The average Bonchev–Trinajstić information content (AvgIpc) is 2.17. The van der Waals surface area contributed by atoms with Crippen molar-refractivity contribution in [3.05, 3.63) is 47.5 Å². The summed E-state index contributed by atoms with van der Waals surface area (Å²) in [6, 6.07) is 8.41. The zero-order valence-electron chi connectivity index (χ0n) is 8.33. The number of benzene rings is 1. The lowest BCUT2D eigenvalue weighted by Crippen LogP contribution is -1.78. The Hall–Kier alpha value is -1.30. The predicted octanol–water partition coefficient (Wildman–Crippen LogP) is 4.14. The minimum absolute atomic E-state index is 1.09. The summed E-state index contributed by atoms with van der Waals surface area (Å²) >= 11 is 0. The smallest absolute Gasteiger partial charge is 0.0187 e. The number of hydrogen-bond acceptors (Lipinski definition) is 0. The number of rotatable bonds is 3. The van der Waals surface area contributed by atoms with Crippen LogP contribution in [0.1, 0.15) is 31.4 Å². The zero-order chi connectivity index (χ0) is 9.52. The highest BCUT2D eigenvalue weighted by Gasteiger charge is 1.91. The van der Waals surface area contributed by atoms with Gasteiger partial charge in [0.2, 0.25) is 0 Å². The van der Waals surface area contributed by atoms with E-state index in [0.717, 1.165) is 6.42 Å². The van der Waals surface area contributed by atoms with Crippen molar-refractivity contribution in [2.24, 2.45) is 0 Å². The maximum atomic E-state index is 2.18. The first-order valence-corrected chi connectivity index (χ1v) is 4.76. The quantitative estimate of drug-likeness (QED) is 0.642. The Morgan fingerprint density at radius 2 is 1.69 bits per heavy atom. The normalized spacial score (nSPS) is 11.5. The summed E-state index contributed by atoms with van der Waals surface area (Å²) in [6.07, 6.45) is 9.65. The Balaban J connectivity index is 2.97. The van der Waals surface area contributed by atoms with Gasteiger partial charge < -0.3 is 0 Å². The Morgan fingerprint density at radius 1 is 1.08 bits per heavy atom. The summed E-state index contributed by atoms with van der Waals surface area (Å²) in [5.74, 6) is 0. The summed E-state index contributed by atoms with van der Waals surface area (Å²) < 4.78 is 0. The molecule has 0 unspecified atom stereocenters. The third-order valence-corrected chi connectivity index (χ3v) is 1.88. The van der Waals surface area contributed by atoms with E-state index >= 15 is 0 Å². The van der Waals surface area contributed by atoms with Crippen LogP contribution in [0.25, 0.3) is 12.2 Å². The first-order valence-electron chi connectivity index (χ1n) is 4.76. The van der Waals surface area contributed by atoms with E-state index in [4.69, 9.17) is 0 Å². The van der Waals surface area contributed by atoms with Crippen molar-refractivity contribution in [3.8, 4) is 0 Å². The first kappa shape index (κ1) is 9.79. The van der Waals surface area contributed by atoms with Gasteiger partial charge in [0.05, 0.1) is 0 Å². The van der Waals surface area contributed by atoms with E-state index in [2.05, 4.69) is 55.5 Å². The monoisotopic (exact) mass is 172 g/mol. The molecule has 0 bridgehead atoms. The van der Waals surface area contributed by atoms with Gasteiger partial charge in [-0.1, -0.05) is 55.5 Å². The molecule has 0 aliphatic rings. The second-order valence-corrected chi connectivity index (χ2v) is 2.94. The highest BCUT2D eigenvalue weighted by atomic mass is 14.0. The summed E-state index contributed by atoms with van der Waals surface area (Å²) in [5.41, 5.74) is 2.58. The molecule has 1 rings (SSSR count). The van der Waals surface area contributed by atoms with Gasteiger partial charge in [0.15, 0.2) is 0 Å². The molecule has 0 saturated heterocycles. The summed E-state index contributed by atoms with van der Waals surface area (Å²) in [5, 5.41) is 0. The second kappa shape index (κ2) is 5.36. The lowest BCUT2D eigenvalue weighted by atomic mass is 10.1. The average molecular weight is 172 g/mol. The summed E-state index contributed by atoms with van der Waals surface area (Å²) in [6.45, 7) is 4.19. The van der Waals surface area contributed by atoms with Crippen molar-refractivity contribution in [2.75, 3.05) is 0 Å². The predicted molar refractivity (Wildman–Crippen MR) is 60.5 cm³/mol. The summed E-state index contributed by atoms with van der Waals surface area (Å²) in [4.78, 5) is 0. The fraction of sp³-hybridized carbons (Fsp3) is 0.231.